The van der Waals surface area contributed by atoms with E-state index < -0.39 is 19.8 Å². The zero-order valence-electron chi connectivity index (χ0n) is 24.9. The Morgan fingerprint density at radius 2 is 1.05 bits per heavy atom. The average Bonchev–Trinajstić information content (AvgIpc) is 2.98. The second-order valence-electron chi connectivity index (χ2n) is 11.2. The highest BCUT2D eigenvalue weighted by Gasteiger charge is 2.57. The van der Waals surface area contributed by atoms with Gasteiger partial charge in [-0.05, 0) is 86.8 Å². The Hall–Kier alpha value is -1.62. The van der Waals surface area contributed by atoms with Crippen LogP contribution >= 0.6 is 14.7 Å². The molecule has 2 rings (SSSR count). The molecule has 0 aliphatic rings. The minimum absolute atomic E-state index is 0.167. The van der Waals surface area contributed by atoms with Crippen molar-refractivity contribution in [1.29, 1.82) is 0 Å². The number of hydrogen-bond donors (Lipinski definition) is 3. The fourth-order valence-electron chi connectivity index (χ4n) is 5.04. The van der Waals surface area contributed by atoms with E-state index in [1.165, 1.54) is 38.5 Å². The van der Waals surface area contributed by atoms with Crippen molar-refractivity contribution in [3.8, 4) is 0 Å². The van der Waals surface area contributed by atoms with Crippen LogP contribution < -0.4 is 0 Å². The van der Waals surface area contributed by atoms with Crippen molar-refractivity contribution in [2.24, 2.45) is 0 Å². The standard InChI is InChI=1S/C32H52N2O5P2/c1-2-3-4-5-6-7-8-9-10-11-12-13-14-15-16-23-32(35,40(36,37)28-21-30-17-24-33-25-18-30)41(38,39)29-22-31-19-26-34-27-20-31/h9-10,17-20,24-27,35H,2-8,11-16,21-23,28-29H2,1H3,(H,36,37)(H,38,39)/b10-9-. The van der Waals surface area contributed by atoms with Crippen LogP contribution in [0.2, 0.25) is 0 Å². The van der Waals surface area contributed by atoms with Gasteiger partial charge in [-0.1, -0.05) is 70.4 Å². The molecular weight excluding hydrogens is 554 g/mol. The molecule has 0 fully saturated rings. The van der Waals surface area contributed by atoms with Crippen molar-refractivity contribution in [1.82, 2.24) is 9.97 Å². The van der Waals surface area contributed by atoms with Gasteiger partial charge in [0.25, 0.3) is 0 Å². The number of unbranched alkanes of at least 4 members (excludes halogenated alkanes) is 11. The summed E-state index contributed by atoms with van der Waals surface area (Å²) in [7, 11) is -8.82. The van der Waals surface area contributed by atoms with Crippen molar-refractivity contribution >= 4 is 14.7 Å². The van der Waals surface area contributed by atoms with Gasteiger partial charge in [-0.15, -0.1) is 0 Å². The summed E-state index contributed by atoms with van der Waals surface area (Å²) in [5.41, 5.74) is 1.59. The first-order valence-corrected chi connectivity index (χ1v) is 19.2. The fraction of sp³-hybridized carbons (Fsp3) is 0.625. The fourth-order valence-corrected chi connectivity index (χ4v) is 10.5. The molecule has 2 unspecified atom stereocenters. The topological polar surface area (TPSA) is 121 Å². The van der Waals surface area contributed by atoms with Crippen LogP contribution in [0.3, 0.4) is 0 Å². The molecule has 0 bridgehead atoms. The van der Waals surface area contributed by atoms with Gasteiger partial charge in [0.2, 0.25) is 19.8 Å². The van der Waals surface area contributed by atoms with E-state index >= 15 is 0 Å². The summed E-state index contributed by atoms with van der Waals surface area (Å²) in [4.78, 5) is 30.1. The highest BCUT2D eigenvalue weighted by molar-refractivity contribution is 7.77. The number of hydrogen-bond acceptors (Lipinski definition) is 5. The Labute approximate surface area is 247 Å². The third-order valence-electron chi connectivity index (χ3n) is 7.80. The summed E-state index contributed by atoms with van der Waals surface area (Å²) >= 11 is 0. The number of aryl methyl sites for hydroxylation is 2. The Bertz CT molecular complexity index is 1020. The Kier molecular flexibility index (Phi) is 17.0. The lowest BCUT2D eigenvalue weighted by Gasteiger charge is -2.36. The first kappa shape index (κ1) is 35.6. The zero-order valence-corrected chi connectivity index (χ0v) is 26.7. The summed E-state index contributed by atoms with van der Waals surface area (Å²) in [6, 6.07) is 6.96. The number of allylic oxidation sites excluding steroid dienone is 2. The number of aliphatic hydroxyl groups is 1. The largest absolute Gasteiger partial charge is 0.371 e. The summed E-state index contributed by atoms with van der Waals surface area (Å²) in [6.07, 6.45) is 24.9. The molecule has 0 saturated heterocycles. The van der Waals surface area contributed by atoms with Gasteiger partial charge in [0.15, 0.2) is 0 Å². The van der Waals surface area contributed by atoms with Crippen molar-refractivity contribution in [2.75, 3.05) is 12.3 Å². The smallest absolute Gasteiger partial charge is 0.241 e. The van der Waals surface area contributed by atoms with Gasteiger partial charge >= 0.3 is 0 Å². The van der Waals surface area contributed by atoms with E-state index in [-0.39, 0.29) is 31.6 Å². The van der Waals surface area contributed by atoms with Crippen molar-refractivity contribution in [3.63, 3.8) is 0 Å². The summed E-state index contributed by atoms with van der Waals surface area (Å²) in [5, 5.41) is 9.04. The highest BCUT2D eigenvalue weighted by Crippen LogP contribution is 2.73. The van der Waals surface area contributed by atoms with E-state index in [1.807, 2.05) is 0 Å². The molecule has 0 aliphatic heterocycles. The molecule has 2 aromatic heterocycles. The maximum atomic E-state index is 13.6. The van der Waals surface area contributed by atoms with Gasteiger partial charge < -0.3 is 14.9 Å². The molecule has 7 nitrogen and oxygen atoms in total. The van der Waals surface area contributed by atoms with Crippen molar-refractivity contribution in [2.45, 2.75) is 115 Å². The minimum atomic E-state index is -4.41. The predicted octanol–water partition coefficient (Wildman–Crippen LogP) is 8.49. The third kappa shape index (κ3) is 13.1. The Balaban J connectivity index is 1.85. The van der Waals surface area contributed by atoms with Crippen LogP contribution in [0.15, 0.2) is 61.2 Å². The van der Waals surface area contributed by atoms with E-state index in [0.717, 1.165) is 49.7 Å². The second-order valence-corrected chi connectivity index (χ2v) is 16.7. The van der Waals surface area contributed by atoms with Gasteiger partial charge in [-0.2, -0.15) is 0 Å². The molecule has 230 valence electrons. The molecule has 0 spiro atoms. The summed E-state index contributed by atoms with van der Waals surface area (Å²) < 4.78 is 27.2. The lowest BCUT2D eigenvalue weighted by Crippen LogP contribution is -2.32. The lowest BCUT2D eigenvalue weighted by molar-refractivity contribution is 0.156. The van der Waals surface area contributed by atoms with Crippen LogP contribution in [0.4, 0.5) is 0 Å². The van der Waals surface area contributed by atoms with Crippen molar-refractivity contribution < 1.29 is 24.0 Å². The highest BCUT2D eigenvalue weighted by atomic mass is 31.2. The van der Waals surface area contributed by atoms with Crippen LogP contribution in [0.5, 0.6) is 0 Å². The molecule has 2 heterocycles. The maximum Gasteiger partial charge on any atom is 0.241 e. The molecule has 0 amide bonds. The Morgan fingerprint density at radius 3 is 1.49 bits per heavy atom. The molecule has 2 aromatic rings. The number of rotatable bonds is 23. The number of aromatic nitrogens is 2. The van der Waals surface area contributed by atoms with Gasteiger partial charge in [-0.25, -0.2) is 0 Å². The SMILES string of the molecule is CCCCCCCC/C=C\CCCCCCCC(O)(P(=O)(O)CCc1ccncc1)P(=O)(O)CCc1ccncc1. The molecule has 2 atom stereocenters. The Morgan fingerprint density at radius 1 is 0.659 bits per heavy atom. The average molecular weight is 607 g/mol. The van der Waals surface area contributed by atoms with E-state index in [0.29, 0.717) is 6.42 Å². The van der Waals surface area contributed by atoms with Crippen LogP contribution in [-0.4, -0.2) is 42.3 Å². The molecule has 0 saturated carbocycles. The normalized spacial score (nSPS) is 16.3. The molecule has 0 aliphatic carbocycles. The minimum Gasteiger partial charge on any atom is -0.371 e. The zero-order chi connectivity index (χ0) is 29.9. The second kappa shape index (κ2) is 19.5. The van der Waals surface area contributed by atoms with Crippen LogP contribution in [-0.2, 0) is 22.0 Å². The van der Waals surface area contributed by atoms with E-state index in [1.54, 1.807) is 49.1 Å². The quantitative estimate of drug-likeness (QED) is 0.0659. The molecule has 3 N–H and O–H groups in total. The van der Waals surface area contributed by atoms with Crippen LogP contribution in [0.25, 0.3) is 0 Å². The van der Waals surface area contributed by atoms with E-state index in [2.05, 4.69) is 29.0 Å². The first-order chi connectivity index (χ1) is 19.7. The number of nitrogens with zero attached hydrogens (tertiary/aromatic N) is 2. The van der Waals surface area contributed by atoms with E-state index in [4.69, 9.17) is 0 Å². The lowest BCUT2D eigenvalue weighted by atomic mass is 10.1. The van der Waals surface area contributed by atoms with Gasteiger partial charge in [-0.3, -0.25) is 19.1 Å². The predicted molar refractivity (Wildman–Crippen MR) is 170 cm³/mol. The number of pyridine rings is 2. The third-order valence-corrected chi connectivity index (χ3v) is 14.0. The van der Waals surface area contributed by atoms with Crippen LogP contribution in [0, 0.1) is 0 Å². The molecule has 9 heteroatoms. The van der Waals surface area contributed by atoms with Gasteiger partial charge in [0.05, 0.1) is 0 Å². The molecular formula is C32H52N2O5P2. The first-order valence-electron chi connectivity index (χ1n) is 15.5. The monoisotopic (exact) mass is 606 g/mol. The molecule has 0 radical (unpaired) electrons. The van der Waals surface area contributed by atoms with Gasteiger partial charge in [0, 0.05) is 37.1 Å². The molecule has 41 heavy (non-hydrogen) atoms. The van der Waals surface area contributed by atoms with Gasteiger partial charge in [0.1, 0.15) is 0 Å². The van der Waals surface area contributed by atoms with E-state index in [9.17, 15) is 24.0 Å². The van der Waals surface area contributed by atoms with Crippen molar-refractivity contribution in [3.05, 3.63) is 72.3 Å². The maximum absolute atomic E-state index is 13.6. The summed E-state index contributed by atoms with van der Waals surface area (Å²) in [5.74, 6) is 0. The molecule has 0 aromatic carbocycles. The van der Waals surface area contributed by atoms with Crippen LogP contribution in [0.1, 0.15) is 108 Å². The summed E-state index contributed by atoms with van der Waals surface area (Å²) in [6.45, 7) is 2.24.